The average Bonchev–Trinajstić information content (AvgIpc) is 2.15. The molecule has 1 heterocycles. The lowest BCUT2D eigenvalue weighted by Crippen LogP contribution is -1.92. The molecule has 0 aliphatic rings. The number of ether oxygens (including phenoxy) is 1. The molecule has 3 nitrogen and oxygen atoms in total. The van der Waals surface area contributed by atoms with Gasteiger partial charge in [0, 0.05) is 6.54 Å². The van der Waals surface area contributed by atoms with E-state index < -0.39 is 0 Å². The maximum atomic E-state index is 5.29. The molecule has 0 unspecified atom stereocenters. The quantitative estimate of drug-likeness (QED) is 0.726. The van der Waals surface area contributed by atoms with Gasteiger partial charge in [-0.15, -0.1) is 0 Å². The second-order valence-corrected chi connectivity index (χ2v) is 2.26. The number of pyridine rings is 1. The van der Waals surface area contributed by atoms with Crippen LogP contribution in [0.1, 0.15) is 5.69 Å². The zero-order valence-corrected chi connectivity index (χ0v) is 7.03. The fourth-order valence-corrected chi connectivity index (χ4v) is 0.800. The van der Waals surface area contributed by atoms with E-state index in [-0.39, 0.29) is 0 Å². The van der Waals surface area contributed by atoms with Gasteiger partial charge < -0.3 is 10.5 Å². The fourth-order valence-electron chi connectivity index (χ4n) is 0.800. The smallest absolute Gasteiger partial charge is 0.137 e. The molecule has 0 spiro atoms. The predicted octanol–water partition coefficient (Wildman–Crippen LogP) is 1.06. The van der Waals surface area contributed by atoms with Crippen molar-refractivity contribution in [2.24, 2.45) is 5.73 Å². The zero-order valence-electron chi connectivity index (χ0n) is 7.03. The molecule has 0 aromatic carbocycles. The molecular formula is C9H12N2O. The van der Waals surface area contributed by atoms with E-state index in [0.29, 0.717) is 6.54 Å². The zero-order chi connectivity index (χ0) is 8.81. The van der Waals surface area contributed by atoms with E-state index in [2.05, 4.69) is 4.98 Å². The van der Waals surface area contributed by atoms with Crippen LogP contribution in [0, 0.1) is 0 Å². The number of aromatic nitrogens is 1. The monoisotopic (exact) mass is 164 g/mol. The Balaban J connectivity index is 2.71. The average molecular weight is 164 g/mol. The highest BCUT2D eigenvalue weighted by Gasteiger charge is 1.89. The van der Waals surface area contributed by atoms with E-state index >= 15 is 0 Å². The number of rotatable bonds is 3. The van der Waals surface area contributed by atoms with Gasteiger partial charge in [0.15, 0.2) is 0 Å². The molecule has 0 amide bonds. The summed E-state index contributed by atoms with van der Waals surface area (Å²) in [4.78, 5) is 4.12. The van der Waals surface area contributed by atoms with Gasteiger partial charge in [-0.1, -0.05) is 6.08 Å². The molecule has 3 heteroatoms. The van der Waals surface area contributed by atoms with Crippen molar-refractivity contribution in [3.05, 3.63) is 30.1 Å². The van der Waals surface area contributed by atoms with Crippen molar-refractivity contribution < 1.29 is 4.74 Å². The summed E-state index contributed by atoms with van der Waals surface area (Å²) in [5.41, 5.74) is 6.18. The van der Waals surface area contributed by atoms with Crippen molar-refractivity contribution >= 4 is 6.08 Å². The van der Waals surface area contributed by atoms with Gasteiger partial charge in [-0.25, -0.2) is 0 Å². The van der Waals surface area contributed by atoms with E-state index in [9.17, 15) is 0 Å². The van der Waals surface area contributed by atoms with Crippen molar-refractivity contribution in [3.63, 3.8) is 0 Å². The van der Waals surface area contributed by atoms with Gasteiger partial charge in [0.25, 0.3) is 0 Å². The Morgan fingerprint density at radius 3 is 2.92 bits per heavy atom. The van der Waals surface area contributed by atoms with Gasteiger partial charge in [0.1, 0.15) is 5.75 Å². The first-order valence-corrected chi connectivity index (χ1v) is 3.73. The first kappa shape index (κ1) is 8.74. The highest BCUT2D eigenvalue weighted by Crippen LogP contribution is 2.08. The van der Waals surface area contributed by atoms with E-state index in [4.69, 9.17) is 10.5 Å². The number of methoxy groups -OCH3 is 1. The van der Waals surface area contributed by atoms with Crippen LogP contribution in [0.3, 0.4) is 0 Å². The molecule has 12 heavy (non-hydrogen) atoms. The Bertz CT molecular complexity index is 254. The third kappa shape index (κ3) is 2.36. The number of nitrogens with two attached hydrogens (primary N) is 1. The van der Waals surface area contributed by atoms with Gasteiger partial charge >= 0.3 is 0 Å². The van der Waals surface area contributed by atoms with Crippen LogP contribution in [0.15, 0.2) is 24.4 Å². The lowest BCUT2D eigenvalue weighted by atomic mass is 10.3. The fraction of sp³-hybridized carbons (Fsp3) is 0.222. The SMILES string of the molecule is COc1ccc(C=CCN)nc1. The summed E-state index contributed by atoms with van der Waals surface area (Å²) in [7, 11) is 1.62. The number of hydrogen-bond acceptors (Lipinski definition) is 3. The van der Waals surface area contributed by atoms with Gasteiger partial charge in [0.05, 0.1) is 19.0 Å². The van der Waals surface area contributed by atoms with Gasteiger partial charge in [0.2, 0.25) is 0 Å². The predicted molar refractivity (Wildman–Crippen MR) is 48.9 cm³/mol. The summed E-state index contributed by atoms with van der Waals surface area (Å²) < 4.78 is 4.96. The normalized spacial score (nSPS) is 10.5. The summed E-state index contributed by atoms with van der Waals surface area (Å²) in [6.07, 6.45) is 5.41. The van der Waals surface area contributed by atoms with Gasteiger partial charge in [-0.3, -0.25) is 4.98 Å². The van der Waals surface area contributed by atoms with Gasteiger partial charge in [-0.05, 0) is 18.2 Å². The third-order valence-electron chi connectivity index (χ3n) is 1.42. The number of hydrogen-bond donors (Lipinski definition) is 1. The van der Waals surface area contributed by atoms with Crippen molar-refractivity contribution in [2.45, 2.75) is 0 Å². The summed E-state index contributed by atoms with van der Waals surface area (Å²) >= 11 is 0. The summed E-state index contributed by atoms with van der Waals surface area (Å²) in [5.74, 6) is 0.764. The van der Waals surface area contributed by atoms with Crippen LogP contribution < -0.4 is 10.5 Å². The molecule has 0 atom stereocenters. The molecule has 0 aliphatic carbocycles. The van der Waals surface area contributed by atoms with E-state index in [1.165, 1.54) is 0 Å². The third-order valence-corrected chi connectivity index (χ3v) is 1.42. The Morgan fingerprint density at radius 1 is 1.58 bits per heavy atom. The molecule has 0 saturated heterocycles. The minimum absolute atomic E-state index is 0.535. The largest absolute Gasteiger partial charge is 0.495 e. The minimum Gasteiger partial charge on any atom is -0.495 e. The van der Waals surface area contributed by atoms with E-state index in [1.54, 1.807) is 13.3 Å². The summed E-state index contributed by atoms with van der Waals surface area (Å²) in [6.45, 7) is 0.535. The van der Waals surface area contributed by atoms with Crippen molar-refractivity contribution in [2.75, 3.05) is 13.7 Å². The maximum Gasteiger partial charge on any atom is 0.137 e. The first-order valence-electron chi connectivity index (χ1n) is 3.73. The molecule has 0 fully saturated rings. The Labute approximate surface area is 71.9 Å². The molecule has 0 saturated carbocycles. The molecule has 1 rings (SSSR count). The molecule has 0 radical (unpaired) electrons. The molecular weight excluding hydrogens is 152 g/mol. The van der Waals surface area contributed by atoms with Crippen LogP contribution in [-0.2, 0) is 0 Å². The maximum absolute atomic E-state index is 5.29. The highest BCUT2D eigenvalue weighted by molar-refractivity contribution is 5.45. The Hall–Kier alpha value is -1.35. The van der Waals surface area contributed by atoms with Crippen LogP contribution >= 0.6 is 0 Å². The van der Waals surface area contributed by atoms with Crippen molar-refractivity contribution in [3.8, 4) is 5.75 Å². The van der Waals surface area contributed by atoms with Crippen LogP contribution in [-0.4, -0.2) is 18.6 Å². The molecule has 0 aliphatic heterocycles. The van der Waals surface area contributed by atoms with Crippen molar-refractivity contribution in [1.82, 2.24) is 4.98 Å². The topological polar surface area (TPSA) is 48.1 Å². The van der Waals surface area contributed by atoms with E-state index in [0.717, 1.165) is 11.4 Å². The standard InChI is InChI=1S/C9H12N2O/c1-12-9-5-4-8(11-7-9)3-2-6-10/h2-5,7H,6,10H2,1H3. The van der Waals surface area contributed by atoms with Crippen molar-refractivity contribution in [1.29, 1.82) is 0 Å². The minimum atomic E-state index is 0.535. The van der Waals surface area contributed by atoms with Gasteiger partial charge in [-0.2, -0.15) is 0 Å². The van der Waals surface area contributed by atoms with Crippen LogP contribution in [0.5, 0.6) is 5.75 Å². The second kappa shape index (κ2) is 4.51. The Morgan fingerprint density at radius 2 is 2.42 bits per heavy atom. The number of nitrogens with zero attached hydrogens (tertiary/aromatic N) is 1. The Kier molecular flexibility index (Phi) is 3.29. The van der Waals surface area contributed by atoms with Crippen LogP contribution in [0.2, 0.25) is 0 Å². The lowest BCUT2D eigenvalue weighted by molar-refractivity contribution is 0.413. The second-order valence-electron chi connectivity index (χ2n) is 2.26. The summed E-state index contributed by atoms with van der Waals surface area (Å²) in [6, 6.07) is 3.74. The lowest BCUT2D eigenvalue weighted by Gasteiger charge is -1.97. The van der Waals surface area contributed by atoms with Crippen LogP contribution in [0.25, 0.3) is 6.08 Å². The molecule has 1 aromatic rings. The molecule has 2 N–H and O–H groups in total. The molecule has 64 valence electrons. The highest BCUT2D eigenvalue weighted by atomic mass is 16.5. The molecule has 1 aromatic heterocycles. The molecule has 0 bridgehead atoms. The summed E-state index contributed by atoms with van der Waals surface area (Å²) in [5, 5.41) is 0. The van der Waals surface area contributed by atoms with E-state index in [1.807, 2.05) is 24.3 Å². The van der Waals surface area contributed by atoms with Crippen LogP contribution in [0.4, 0.5) is 0 Å². The first-order chi connectivity index (χ1) is 5.86.